The summed E-state index contributed by atoms with van der Waals surface area (Å²) >= 11 is 4.44. The maximum atomic E-state index is 13.7. The Bertz CT molecular complexity index is 3070. The lowest BCUT2D eigenvalue weighted by molar-refractivity contribution is 0.627. The van der Waals surface area contributed by atoms with Crippen LogP contribution in [0.5, 0.6) is 0 Å². The molecule has 0 amide bonds. The summed E-state index contributed by atoms with van der Waals surface area (Å²) in [4.78, 5) is 2.05. The van der Waals surface area contributed by atoms with E-state index in [1.54, 1.807) is 24.3 Å². The molecule has 1 aliphatic rings. The van der Waals surface area contributed by atoms with E-state index in [0.717, 1.165) is 61.5 Å². The number of thiol groups is 1. The van der Waals surface area contributed by atoms with Crippen LogP contribution in [0.3, 0.4) is 0 Å². The first kappa shape index (κ1) is 36.0. The zero-order valence-electron chi connectivity index (χ0n) is 31.5. The first-order chi connectivity index (χ1) is 28.9. The van der Waals surface area contributed by atoms with Gasteiger partial charge < -0.3 is 9.47 Å². The van der Waals surface area contributed by atoms with Gasteiger partial charge in [0.1, 0.15) is 17.3 Å². The van der Waals surface area contributed by atoms with Gasteiger partial charge in [-0.25, -0.2) is 13.2 Å². The molecule has 9 aromatic rings. The summed E-state index contributed by atoms with van der Waals surface area (Å²) in [7, 11) is 0. The van der Waals surface area contributed by atoms with E-state index in [9.17, 15) is 14.2 Å². The van der Waals surface area contributed by atoms with Crippen molar-refractivity contribution in [2.45, 2.75) is 0 Å². The molecule has 1 heterocycles. The summed E-state index contributed by atoms with van der Waals surface area (Å²) in [5, 5.41) is 14.3. The molecule has 0 aliphatic heterocycles. The maximum absolute atomic E-state index is 13.7. The van der Waals surface area contributed by atoms with Gasteiger partial charge >= 0.3 is 0 Å². The topological polar surface area (TPSA) is 44.4 Å². The Morgan fingerprint density at radius 3 is 1.58 bits per heavy atom. The molecule has 0 spiro atoms. The lowest BCUT2D eigenvalue weighted by Crippen LogP contribution is -2.30. The summed E-state index contributed by atoms with van der Waals surface area (Å²) in [6.07, 6.45) is 3.95. The minimum absolute atomic E-state index is 0.240. The van der Waals surface area contributed by atoms with Gasteiger partial charge in [0.05, 0.1) is 22.4 Å². The average Bonchev–Trinajstić information content (AvgIpc) is 3.63. The maximum Gasteiger partial charge on any atom is 0.123 e. The molecule has 1 aromatic heterocycles. The fourth-order valence-electron chi connectivity index (χ4n) is 8.21. The van der Waals surface area contributed by atoms with Crippen molar-refractivity contribution in [3.8, 4) is 27.9 Å². The van der Waals surface area contributed by atoms with Crippen molar-refractivity contribution in [2.75, 3.05) is 4.90 Å². The molecule has 0 saturated carbocycles. The van der Waals surface area contributed by atoms with E-state index in [0.29, 0.717) is 11.4 Å². The van der Waals surface area contributed by atoms with E-state index >= 15 is 0 Å². The molecule has 1 aliphatic carbocycles. The van der Waals surface area contributed by atoms with Crippen LogP contribution in [-0.4, -0.2) is 16.0 Å². The van der Waals surface area contributed by atoms with Crippen molar-refractivity contribution in [2.24, 2.45) is 4.40 Å². The number of allylic oxidation sites excluding steroid dienone is 4. The molecule has 10 rings (SSSR count). The lowest BCUT2D eigenvalue weighted by atomic mass is 9.91. The van der Waals surface area contributed by atoms with Crippen LogP contribution >= 0.6 is 12.8 Å². The lowest BCUT2D eigenvalue weighted by Gasteiger charge is -2.31. The molecule has 8 aromatic carbocycles. The second-order valence-corrected chi connectivity index (χ2v) is 14.7. The summed E-state index contributed by atoms with van der Waals surface area (Å²) in [5.74, 6) is -0.572. The van der Waals surface area contributed by atoms with Gasteiger partial charge in [0.15, 0.2) is 0 Å². The second kappa shape index (κ2) is 14.9. The molecule has 282 valence electrons. The van der Waals surface area contributed by atoms with E-state index in [-0.39, 0.29) is 17.3 Å². The zero-order valence-corrected chi connectivity index (χ0v) is 32.4. The van der Waals surface area contributed by atoms with Crippen molar-refractivity contribution >= 4 is 73.8 Å². The number of benzene rings is 8. The summed E-state index contributed by atoms with van der Waals surface area (Å²) in [5.41, 5.74) is 11.6. The van der Waals surface area contributed by atoms with Crippen LogP contribution < -0.4 is 4.90 Å². The van der Waals surface area contributed by atoms with E-state index < -0.39 is 0 Å². The van der Waals surface area contributed by atoms with Crippen LogP contribution in [0.25, 0.3) is 66.1 Å². The van der Waals surface area contributed by atoms with Gasteiger partial charge in [-0.1, -0.05) is 115 Å². The predicted molar refractivity (Wildman–Crippen MR) is 244 cm³/mol. The minimum atomic E-state index is -0.286. The van der Waals surface area contributed by atoms with Crippen LogP contribution in [-0.2, 0) is 0 Å². The van der Waals surface area contributed by atoms with Gasteiger partial charge in [-0.05, 0) is 125 Å². The molecule has 7 heteroatoms. The molecule has 0 atom stereocenters. The zero-order chi connectivity index (χ0) is 40.0. The molecule has 1 N–H and O–H groups in total. The van der Waals surface area contributed by atoms with E-state index in [1.165, 1.54) is 45.8 Å². The largest absolute Gasteiger partial charge is 0.309 e. The number of halogens is 2. The number of anilines is 2. The molecule has 0 bridgehead atoms. The van der Waals surface area contributed by atoms with E-state index in [1.807, 2.05) is 60.7 Å². The Morgan fingerprint density at radius 1 is 0.492 bits per heavy atom. The van der Waals surface area contributed by atoms with E-state index in [2.05, 4.69) is 112 Å². The minimum Gasteiger partial charge on any atom is -0.309 e. The van der Waals surface area contributed by atoms with E-state index in [4.69, 9.17) is 0 Å². The van der Waals surface area contributed by atoms with Crippen molar-refractivity contribution in [3.63, 3.8) is 0 Å². The van der Waals surface area contributed by atoms with Gasteiger partial charge in [-0.3, -0.25) is 5.41 Å². The number of rotatable bonds is 7. The third-order valence-corrected chi connectivity index (χ3v) is 11.3. The van der Waals surface area contributed by atoms with Gasteiger partial charge in [-0.2, -0.15) is 0 Å². The number of fused-ring (bicyclic) bond motifs is 5. The normalized spacial score (nSPS) is 13.6. The van der Waals surface area contributed by atoms with Crippen LogP contribution in [0.4, 0.5) is 20.2 Å². The fourth-order valence-corrected chi connectivity index (χ4v) is 8.41. The van der Waals surface area contributed by atoms with Gasteiger partial charge in [-0.15, -0.1) is 0 Å². The first-order valence-electron chi connectivity index (χ1n) is 19.2. The van der Waals surface area contributed by atoms with Crippen molar-refractivity contribution in [3.05, 3.63) is 217 Å². The fraction of sp³-hybridized carbons (Fsp3) is 0. The Morgan fingerprint density at radius 2 is 1.00 bits per heavy atom. The molecule has 0 fully saturated rings. The smallest absolute Gasteiger partial charge is 0.123 e. The summed E-state index contributed by atoms with van der Waals surface area (Å²) < 4.78 is 34.2. The molecule has 0 saturated heterocycles. The third-order valence-electron chi connectivity index (χ3n) is 11.1. The SMILES string of the molecule is N=C1C(c2ccc(-n3c4ccccc4c4ccc5ccccc5c43)cc2)=CC=C(N(c2ccc(-c3ccc(F)cc3)cc2)c2ccc(-c3ccc(F)cc3)cc2)C1=NS. The predicted octanol–water partition coefficient (Wildman–Crippen LogP) is 14.0. The highest BCUT2D eigenvalue weighted by atomic mass is 32.1. The summed E-state index contributed by atoms with van der Waals surface area (Å²) in [6.45, 7) is 0. The molecular weight excluding hydrogens is 751 g/mol. The Balaban J connectivity index is 1.05. The van der Waals surface area contributed by atoms with Gasteiger partial charge in [0.25, 0.3) is 0 Å². The number of hydrogen-bond donors (Lipinski definition) is 2. The number of para-hydroxylation sites is 1. The van der Waals surface area contributed by atoms with Crippen LogP contribution in [0.15, 0.2) is 204 Å². The van der Waals surface area contributed by atoms with Crippen LogP contribution in [0.1, 0.15) is 5.56 Å². The van der Waals surface area contributed by atoms with Crippen molar-refractivity contribution in [1.29, 1.82) is 5.41 Å². The number of aromatic nitrogens is 1. The van der Waals surface area contributed by atoms with Crippen molar-refractivity contribution in [1.82, 2.24) is 4.57 Å². The highest BCUT2D eigenvalue weighted by Crippen LogP contribution is 2.39. The highest BCUT2D eigenvalue weighted by molar-refractivity contribution is 7.79. The second-order valence-electron chi connectivity index (χ2n) is 14.5. The van der Waals surface area contributed by atoms with Gasteiger partial charge in [0, 0.05) is 38.8 Å². The quantitative estimate of drug-likeness (QED) is 0.123. The number of nitrogens with zero attached hydrogens (tertiary/aromatic N) is 3. The monoisotopic (exact) mass is 784 g/mol. The number of nitrogens with one attached hydrogen (secondary N) is 1. The van der Waals surface area contributed by atoms with Crippen molar-refractivity contribution < 1.29 is 8.78 Å². The Hall–Kier alpha value is -7.35. The van der Waals surface area contributed by atoms with Gasteiger partial charge in [0.2, 0.25) is 0 Å². The van der Waals surface area contributed by atoms with Crippen LogP contribution in [0, 0.1) is 17.0 Å². The number of hydrogen-bond acceptors (Lipinski definition) is 4. The molecular formula is C52H34F2N4S. The summed E-state index contributed by atoms with van der Waals surface area (Å²) in [6, 6.07) is 58.6. The Labute approximate surface area is 345 Å². The highest BCUT2D eigenvalue weighted by Gasteiger charge is 2.28. The standard InChI is InChI=1S/C52H34F2N4S/c53-39-20-9-33(10-21-39)35-13-24-41(25-14-35)57(42-26-15-36(16-27-42)34-11-22-40(54)23-12-34)49-32-31-44(50(55)51(49)56-59)38-17-28-43(29-18-38)58-48-8-4-3-7-46(48)47-30-19-37-5-1-2-6-45(37)52(47)58/h1-32,55,59H. The average molecular weight is 785 g/mol. The molecule has 0 unspecified atom stereocenters. The first-order valence-corrected chi connectivity index (χ1v) is 19.6. The molecule has 59 heavy (non-hydrogen) atoms. The van der Waals surface area contributed by atoms with Crippen LogP contribution in [0.2, 0.25) is 0 Å². The molecule has 4 nitrogen and oxygen atoms in total. The molecule has 0 radical (unpaired) electrons. The Kier molecular flexibility index (Phi) is 9.08. The third kappa shape index (κ3) is 6.42.